The molecule has 2 aromatic heterocycles. The minimum absolute atomic E-state index is 0.243. The molecule has 0 radical (unpaired) electrons. The average molecular weight is 245 g/mol. The van der Waals surface area contributed by atoms with Crippen molar-refractivity contribution in [3.05, 3.63) is 35.1 Å². The molecule has 3 rings (SSSR count). The summed E-state index contributed by atoms with van der Waals surface area (Å²) in [5, 5.41) is 1.08. The zero-order valence-electron chi connectivity index (χ0n) is 9.81. The Morgan fingerprint density at radius 2 is 2.06 bits per heavy atom. The molecule has 0 unspecified atom stereocenters. The van der Waals surface area contributed by atoms with E-state index in [4.69, 9.17) is 5.73 Å². The maximum Gasteiger partial charge on any atom is 0.123 e. The zero-order chi connectivity index (χ0) is 11.9. The topological polar surface area (TPSA) is 51.8 Å². The summed E-state index contributed by atoms with van der Waals surface area (Å²) >= 11 is 1.79. The molecule has 3 nitrogen and oxygen atoms in total. The second-order valence-electron chi connectivity index (χ2n) is 4.65. The number of nitrogens with zero attached hydrogens (tertiary/aromatic N) is 2. The third-order valence-corrected chi connectivity index (χ3v) is 4.90. The minimum Gasteiger partial charge on any atom is -0.330 e. The van der Waals surface area contributed by atoms with E-state index >= 15 is 0 Å². The van der Waals surface area contributed by atoms with E-state index in [0.29, 0.717) is 0 Å². The van der Waals surface area contributed by atoms with Crippen LogP contribution in [0.5, 0.6) is 0 Å². The second-order valence-corrected chi connectivity index (χ2v) is 5.65. The summed E-state index contributed by atoms with van der Waals surface area (Å²) in [6.45, 7) is 2.83. The van der Waals surface area contributed by atoms with Gasteiger partial charge in [0.1, 0.15) is 5.01 Å². The van der Waals surface area contributed by atoms with E-state index in [1.54, 1.807) is 11.3 Å². The first kappa shape index (κ1) is 10.9. The molecule has 0 aliphatic heterocycles. The number of aryl methyl sites for hydroxylation is 1. The molecule has 0 atom stereocenters. The molecule has 2 aromatic rings. The fraction of sp³-hybridized carbons (Fsp3) is 0.385. The molecule has 2 N–H and O–H groups in total. The smallest absolute Gasteiger partial charge is 0.123 e. The predicted octanol–water partition coefficient (Wildman–Crippen LogP) is 2.50. The molecule has 1 fully saturated rings. The SMILES string of the molecule is Cc1nc(-c2ccncc2)sc1C1(CN)CC1. The van der Waals surface area contributed by atoms with Crippen LogP contribution in [0.15, 0.2) is 24.5 Å². The molecule has 1 aliphatic carbocycles. The molecule has 1 saturated carbocycles. The fourth-order valence-corrected chi connectivity index (χ4v) is 3.51. The van der Waals surface area contributed by atoms with Crippen molar-refractivity contribution >= 4 is 11.3 Å². The van der Waals surface area contributed by atoms with Crippen molar-refractivity contribution < 1.29 is 0 Å². The molecule has 0 bridgehead atoms. The summed E-state index contributed by atoms with van der Waals surface area (Å²) < 4.78 is 0. The van der Waals surface area contributed by atoms with Gasteiger partial charge in [-0.05, 0) is 31.9 Å². The zero-order valence-corrected chi connectivity index (χ0v) is 10.6. The number of thiazole rings is 1. The van der Waals surface area contributed by atoms with Crippen LogP contribution in [0.3, 0.4) is 0 Å². The Morgan fingerprint density at radius 1 is 1.35 bits per heavy atom. The first-order chi connectivity index (χ1) is 8.25. The Bertz CT molecular complexity index is 529. The van der Waals surface area contributed by atoms with Crippen LogP contribution in [0.1, 0.15) is 23.4 Å². The van der Waals surface area contributed by atoms with Gasteiger partial charge < -0.3 is 5.73 Å². The standard InChI is InChI=1S/C13H15N3S/c1-9-11(13(8-14)4-5-13)17-12(16-9)10-2-6-15-7-3-10/h2-3,6-7H,4-5,8,14H2,1H3. The minimum atomic E-state index is 0.243. The molecule has 0 amide bonds. The lowest BCUT2D eigenvalue weighted by molar-refractivity contribution is 0.712. The van der Waals surface area contributed by atoms with Crippen LogP contribution in [0.25, 0.3) is 10.6 Å². The van der Waals surface area contributed by atoms with Gasteiger partial charge in [-0.2, -0.15) is 0 Å². The highest BCUT2D eigenvalue weighted by Crippen LogP contribution is 2.51. The first-order valence-corrected chi connectivity index (χ1v) is 6.65. The number of hydrogen-bond donors (Lipinski definition) is 1. The molecule has 17 heavy (non-hydrogen) atoms. The lowest BCUT2D eigenvalue weighted by Crippen LogP contribution is -2.19. The van der Waals surface area contributed by atoms with Gasteiger partial charge in [0.2, 0.25) is 0 Å². The van der Waals surface area contributed by atoms with E-state index in [2.05, 4.69) is 16.9 Å². The van der Waals surface area contributed by atoms with Crippen LogP contribution in [0, 0.1) is 6.92 Å². The summed E-state index contributed by atoms with van der Waals surface area (Å²) in [4.78, 5) is 10.1. The lowest BCUT2D eigenvalue weighted by Gasteiger charge is -2.09. The number of hydrogen-bond acceptors (Lipinski definition) is 4. The molecular weight excluding hydrogens is 230 g/mol. The van der Waals surface area contributed by atoms with Crippen LogP contribution in [0.2, 0.25) is 0 Å². The van der Waals surface area contributed by atoms with Crippen LogP contribution in [0.4, 0.5) is 0 Å². The third-order valence-electron chi connectivity index (χ3n) is 3.45. The van der Waals surface area contributed by atoms with E-state index in [1.807, 2.05) is 24.5 Å². The molecule has 0 spiro atoms. The predicted molar refractivity (Wildman–Crippen MR) is 70.0 cm³/mol. The van der Waals surface area contributed by atoms with Gasteiger partial charge in [0.15, 0.2) is 0 Å². The Kier molecular flexibility index (Phi) is 2.49. The van der Waals surface area contributed by atoms with Gasteiger partial charge in [-0.15, -0.1) is 11.3 Å². The van der Waals surface area contributed by atoms with Crippen molar-refractivity contribution in [3.63, 3.8) is 0 Å². The van der Waals surface area contributed by atoms with Gasteiger partial charge in [-0.1, -0.05) is 0 Å². The maximum absolute atomic E-state index is 5.89. The van der Waals surface area contributed by atoms with Crippen molar-refractivity contribution in [1.29, 1.82) is 0 Å². The Labute approximate surface area is 105 Å². The van der Waals surface area contributed by atoms with Gasteiger partial charge in [-0.3, -0.25) is 4.98 Å². The Balaban J connectivity index is 2.02. The molecule has 0 saturated heterocycles. The Morgan fingerprint density at radius 3 is 2.65 bits per heavy atom. The summed E-state index contributed by atoms with van der Waals surface area (Å²) in [7, 11) is 0. The normalized spacial score (nSPS) is 17.1. The van der Waals surface area contributed by atoms with E-state index in [-0.39, 0.29) is 5.41 Å². The molecule has 4 heteroatoms. The van der Waals surface area contributed by atoms with E-state index < -0.39 is 0 Å². The van der Waals surface area contributed by atoms with Crippen molar-refractivity contribution in [3.8, 4) is 10.6 Å². The summed E-state index contributed by atoms with van der Waals surface area (Å²) in [5.41, 5.74) is 8.42. The number of aromatic nitrogens is 2. The number of rotatable bonds is 3. The van der Waals surface area contributed by atoms with Crippen LogP contribution < -0.4 is 5.73 Å². The molecule has 1 aliphatic rings. The highest BCUT2D eigenvalue weighted by atomic mass is 32.1. The first-order valence-electron chi connectivity index (χ1n) is 5.83. The largest absolute Gasteiger partial charge is 0.330 e. The molecule has 0 aromatic carbocycles. The highest BCUT2D eigenvalue weighted by molar-refractivity contribution is 7.15. The molecule has 88 valence electrons. The van der Waals surface area contributed by atoms with Crippen LogP contribution in [-0.2, 0) is 5.41 Å². The quantitative estimate of drug-likeness (QED) is 0.904. The van der Waals surface area contributed by atoms with Crippen LogP contribution >= 0.6 is 11.3 Å². The average Bonchev–Trinajstić information content (AvgIpc) is 3.07. The maximum atomic E-state index is 5.89. The van der Waals surface area contributed by atoms with Crippen molar-refractivity contribution in [1.82, 2.24) is 9.97 Å². The fourth-order valence-electron chi connectivity index (χ4n) is 2.18. The summed E-state index contributed by atoms with van der Waals surface area (Å²) in [5.74, 6) is 0. The number of pyridine rings is 1. The van der Waals surface area contributed by atoms with Crippen LogP contribution in [-0.4, -0.2) is 16.5 Å². The monoisotopic (exact) mass is 245 g/mol. The van der Waals surface area contributed by atoms with E-state index in [0.717, 1.165) is 22.8 Å². The van der Waals surface area contributed by atoms with Crippen molar-refractivity contribution in [2.75, 3.05) is 6.54 Å². The van der Waals surface area contributed by atoms with E-state index in [9.17, 15) is 0 Å². The second kappa shape index (κ2) is 3.89. The van der Waals surface area contributed by atoms with Crippen molar-refractivity contribution in [2.24, 2.45) is 5.73 Å². The Hall–Kier alpha value is -1.26. The summed E-state index contributed by atoms with van der Waals surface area (Å²) in [6.07, 6.45) is 6.04. The van der Waals surface area contributed by atoms with Gasteiger partial charge in [-0.25, -0.2) is 4.98 Å². The molecule has 2 heterocycles. The third kappa shape index (κ3) is 1.77. The van der Waals surface area contributed by atoms with E-state index in [1.165, 1.54) is 17.7 Å². The van der Waals surface area contributed by atoms with Gasteiger partial charge in [0.25, 0.3) is 0 Å². The molecular formula is C13H15N3S. The lowest BCUT2D eigenvalue weighted by atomic mass is 10.0. The van der Waals surface area contributed by atoms with Crippen molar-refractivity contribution in [2.45, 2.75) is 25.2 Å². The summed E-state index contributed by atoms with van der Waals surface area (Å²) in [6, 6.07) is 4.01. The van der Waals surface area contributed by atoms with Gasteiger partial charge in [0.05, 0.1) is 5.69 Å². The van der Waals surface area contributed by atoms with Gasteiger partial charge >= 0.3 is 0 Å². The van der Waals surface area contributed by atoms with Gasteiger partial charge in [0, 0.05) is 34.8 Å². The number of nitrogens with two attached hydrogens (primary N) is 1. The highest BCUT2D eigenvalue weighted by Gasteiger charge is 2.45.